The Hall–Kier alpha value is -1.40. The second-order valence-corrected chi connectivity index (χ2v) is 18.2. The first kappa shape index (κ1) is 39.4. The Morgan fingerprint density at radius 2 is 1.50 bits per heavy atom. The maximum absolute atomic E-state index is 13.1. The number of hydrogen-bond donors (Lipinski definition) is 0. The van der Waals surface area contributed by atoms with E-state index < -0.39 is 0 Å². The predicted molar refractivity (Wildman–Crippen MR) is 200 cm³/mol. The maximum atomic E-state index is 13.1. The largest absolute Gasteiger partial charge is 0.462 e. The van der Waals surface area contributed by atoms with Gasteiger partial charge in [-0.25, -0.2) is 0 Å². The second-order valence-electron chi connectivity index (χ2n) is 18.2. The lowest BCUT2D eigenvalue weighted by atomic mass is 9.47. The minimum absolute atomic E-state index is 0.00551. The summed E-state index contributed by atoms with van der Waals surface area (Å²) >= 11 is 0. The number of allylic oxidation sites excluding steroid dienone is 1. The summed E-state index contributed by atoms with van der Waals surface area (Å²) in [5, 5.41) is 0. The van der Waals surface area contributed by atoms with Crippen LogP contribution < -0.4 is 0 Å². The number of rotatable bonds is 18. The van der Waals surface area contributed by atoms with Gasteiger partial charge in [0.2, 0.25) is 5.91 Å². The molecule has 4 aliphatic carbocycles. The van der Waals surface area contributed by atoms with Gasteiger partial charge in [-0.15, -0.1) is 0 Å². The van der Waals surface area contributed by atoms with Crippen molar-refractivity contribution in [3.05, 3.63) is 11.6 Å². The van der Waals surface area contributed by atoms with Crippen molar-refractivity contribution in [3.63, 3.8) is 0 Å². The van der Waals surface area contributed by atoms with Gasteiger partial charge in [0, 0.05) is 32.4 Å². The molecule has 0 bridgehead atoms. The van der Waals surface area contributed by atoms with Gasteiger partial charge in [-0.1, -0.05) is 65.5 Å². The van der Waals surface area contributed by atoms with Crippen LogP contribution in [0.3, 0.4) is 0 Å². The van der Waals surface area contributed by atoms with Gasteiger partial charge < -0.3 is 19.4 Å². The molecule has 6 nitrogen and oxygen atoms in total. The number of hydrogen-bond acceptors (Lipinski definition) is 5. The van der Waals surface area contributed by atoms with Gasteiger partial charge in [-0.05, 0) is 152 Å². The Morgan fingerprint density at radius 1 is 0.812 bits per heavy atom. The van der Waals surface area contributed by atoms with Gasteiger partial charge in [-0.3, -0.25) is 9.59 Å². The third-order valence-electron chi connectivity index (χ3n) is 13.7. The van der Waals surface area contributed by atoms with E-state index in [0.717, 1.165) is 93.8 Å². The van der Waals surface area contributed by atoms with E-state index in [1.54, 1.807) is 5.57 Å². The Labute approximate surface area is 296 Å². The summed E-state index contributed by atoms with van der Waals surface area (Å²) in [4.78, 5) is 32.5. The van der Waals surface area contributed by atoms with Crippen molar-refractivity contribution in [2.75, 3.05) is 54.4 Å². The van der Waals surface area contributed by atoms with Gasteiger partial charge in [0.05, 0.1) is 0 Å². The van der Waals surface area contributed by atoms with Crippen LogP contribution in [-0.4, -0.2) is 87.0 Å². The Morgan fingerprint density at radius 3 is 2.15 bits per heavy atom. The number of esters is 1. The molecule has 0 radical (unpaired) electrons. The number of carbonyl (C=O) groups excluding carboxylic acids is 2. The molecule has 3 saturated carbocycles. The summed E-state index contributed by atoms with van der Waals surface area (Å²) < 4.78 is 6.10. The molecule has 0 spiro atoms. The number of nitrogens with zero attached hydrogens (tertiary/aromatic N) is 3. The van der Waals surface area contributed by atoms with Gasteiger partial charge >= 0.3 is 5.97 Å². The number of fused-ring (bicyclic) bond motifs is 5. The van der Waals surface area contributed by atoms with Crippen LogP contribution in [0.4, 0.5) is 0 Å². The smallest absolute Gasteiger partial charge is 0.306 e. The monoisotopic (exact) mass is 670 g/mol. The molecule has 48 heavy (non-hydrogen) atoms. The summed E-state index contributed by atoms with van der Waals surface area (Å²) in [6.07, 6.45) is 20.0. The molecule has 1 amide bonds. The molecule has 4 aliphatic rings. The van der Waals surface area contributed by atoms with Crippen LogP contribution in [0, 0.1) is 46.3 Å². The number of amides is 1. The van der Waals surface area contributed by atoms with E-state index in [1.807, 2.05) is 4.90 Å². The highest BCUT2D eigenvalue weighted by Gasteiger charge is 2.59. The molecular weight excluding hydrogens is 594 g/mol. The van der Waals surface area contributed by atoms with E-state index in [4.69, 9.17) is 4.74 Å². The molecule has 4 rings (SSSR count). The molecule has 0 aromatic heterocycles. The van der Waals surface area contributed by atoms with Crippen molar-refractivity contribution < 1.29 is 14.3 Å². The van der Waals surface area contributed by atoms with E-state index in [-0.39, 0.29) is 23.4 Å². The van der Waals surface area contributed by atoms with Crippen LogP contribution in [0.1, 0.15) is 137 Å². The highest BCUT2D eigenvalue weighted by molar-refractivity contribution is 5.77. The van der Waals surface area contributed by atoms with E-state index in [9.17, 15) is 9.59 Å². The first-order chi connectivity index (χ1) is 22.7. The molecule has 276 valence electrons. The summed E-state index contributed by atoms with van der Waals surface area (Å²) in [7, 11) is 8.29. The second kappa shape index (κ2) is 17.7. The topological polar surface area (TPSA) is 53.1 Å². The minimum Gasteiger partial charge on any atom is -0.462 e. The summed E-state index contributed by atoms with van der Waals surface area (Å²) in [6.45, 7) is 16.1. The minimum atomic E-state index is -0.120. The van der Waals surface area contributed by atoms with Crippen LogP contribution in [0.2, 0.25) is 0 Å². The lowest BCUT2D eigenvalue weighted by Gasteiger charge is -2.58. The van der Waals surface area contributed by atoms with Gasteiger partial charge in [0.25, 0.3) is 0 Å². The first-order valence-corrected chi connectivity index (χ1v) is 20.2. The molecule has 3 fully saturated rings. The lowest BCUT2D eigenvalue weighted by molar-refractivity contribution is -0.151. The van der Waals surface area contributed by atoms with Gasteiger partial charge in [0.1, 0.15) is 6.10 Å². The van der Waals surface area contributed by atoms with Crippen molar-refractivity contribution in [3.8, 4) is 0 Å². The average Bonchev–Trinajstić information content (AvgIpc) is 3.37. The van der Waals surface area contributed by atoms with Crippen LogP contribution in [0.15, 0.2) is 11.6 Å². The SMILES string of the molecule is CC(C)CCCC(C)[C@H]1CC[C@H]2[C@@H]3CC=C4C[C@@H](OC(=O)CCCC(=O)N(CCCN(C)C)CCCN(C)C)CC[C@]4(C)[C@H]3CC[C@]12C. The normalized spacial score (nSPS) is 32.1. The highest BCUT2D eigenvalue weighted by atomic mass is 16.5. The van der Waals surface area contributed by atoms with Crippen molar-refractivity contribution in [1.29, 1.82) is 0 Å². The van der Waals surface area contributed by atoms with Crippen LogP contribution in [0.5, 0.6) is 0 Å². The zero-order valence-electron chi connectivity index (χ0n) is 32.8. The molecule has 0 aromatic carbocycles. The maximum Gasteiger partial charge on any atom is 0.306 e. The number of ether oxygens (including phenoxy) is 1. The molecule has 1 unspecified atom stereocenters. The first-order valence-electron chi connectivity index (χ1n) is 20.2. The number of carbonyl (C=O) groups is 2. The van der Waals surface area contributed by atoms with E-state index in [1.165, 1.54) is 51.4 Å². The standard InChI is InChI=1S/C42H75N3O3/c1-31(2)14-10-15-32(3)36-20-21-37-35-19-18-33-30-34(22-24-41(33,4)38(35)23-25-42(36,37)5)48-40(47)17-11-16-39(46)45(28-12-26-43(6)7)29-13-27-44(8)9/h18,31-32,34-38H,10-17,19-30H2,1-9H3/t32?,34-,35-,36+,37-,38-,41-,42+/m0/s1. The van der Waals surface area contributed by atoms with E-state index >= 15 is 0 Å². The molecule has 0 heterocycles. The zero-order valence-corrected chi connectivity index (χ0v) is 32.8. The van der Waals surface area contributed by atoms with Crippen molar-refractivity contribution >= 4 is 11.9 Å². The quantitative estimate of drug-likeness (QED) is 0.108. The molecule has 0 N–H and O–H groups in total. The molecule has 6 heteroatoms. The average molecular weight is 670 g/mol. The molecule has 0 aliphatic heterocycles. The summed E-state index contributed by atoms with van der Waals surface area (Å²) in [5.41, 5.74) is 2.36. The van der Waals surface area contributed by atoms with Crippen LogP contribution in [0.25, 0.3) is 0 Å². The van der Waals surface area contributed by atoms with E-state index in [2.05, 4.69) is 78.7 Å². The van der Waals surface area contributed by atoms with Gasteiger partial charge in [-0.2, -0.15) is 0 Å². The summed E-state index contributed by atoms with van der Waals surface area (Å²) in [5.74, 6) is 5.11. The zero-order chi connectivity index (χ0) is 35.1. The third kappa shape index (κ3) is 9.89. The third-order valence-corrected chi connectivity index (χ3v) is 13.7. The molecule has 0 saturated heterocycles. The Kier molecular flexibility index (Phi) is 14.5. The van der Waals surface area contributed by atoms with E-state index in [0.29, 0.717) is 24.7 Å². The molecule has 0 aromatic rings. The highest BCUT2D eigenvalue weighted by Crippen LogP contribution is 2.67. The van der Waals surface area contributed by atoms with Crippen molar-refractivity contribution in [2.45, 2.75) is 143 Å². The molecule has 8 atom stereocenters. The fraction of sp³-hybridized carbons (Fsp3) is 0.905. The molecular formula is C42H75N3O3. The summed E-state index contributed by atoms with van der Waals surface area (Å²) in [6, 6.07) is 0. The lowest BCUT2D eigenvalue weighted by Crippen LogP contribution is -2.51. The van der Waals surface area contributed by atoms with Crippen LogP contribution in [-0.2, 0) is 14.3 Å². The van der Waals surface area contributed by atoms with Gasteiger partial charge in [0.15, 0.2) is 0 Å². The Balaban J connectivity index is 1.25. The van der Waals surface area contributed by atoms with Crippen LogP contribution >= 0.6 is 0 Å². The predicted octanol–water partition coefficient (Wildman–Crippen LogP) is 8.84. The fourth-order valence-corrected chi connectivity index (χ4v) is 11.1. The van der Waals surface area contributed by atoms with Crippen molar-refractivity contribution in [1.82, 2.24) is 14.7 Å². The van der Waals surface area contributed by atoms with Crippen molar-refractivity contribution in [2.24, 2.45) is 46.3 Å². The fourth-order valence-electron chi connectivity index (χ4n) is 11.1. The Bertz CT molecular complexity index is 1060.